The van der Waals surface area contributed by atoms with Gasteiger partial charge in [0.2, 0.25) is 0 Å². The van der Waals surface area contributed by atoms with Gasteiger partial charge in [-0.2, -0.15) is 0 Å². The normalized spacial score (nSPS) is 18.9. The lowest BCUT2D eigenvalue weighted by Crippen LogP contribution is -2.33. The number of fused-ring (bicyclic) bond motifs is 2. The molecule has 0 bridgehead atoms. The average Bonchev–Trinajstić information content (AvgIpc) is 3.16. The van der Waals surface area contributed by atoms with Crippen LogP contribution in [-0.4, -0.2) is 39.7 Å². The zero-order valence-electron chi connectivity index (χ0n) is 14.9. The quantitative estimate of drug-likeness (QED) is 0.748. The first-order chi connectivity index (χ1) is 13.3. The average molecular weight is 363 g/mol. The highest BCUT2D eigenvalue weighted by Gasteiger charge is 2.29. The van der Waals surface area contributed by atoms with E-state index < -0.39 is 0 Å². The van der Waals surface area contributed by atoms with E-state index >= 15 is 0 Å². The van der Waals surface area contributed by atoms with Crippen molar-refractivity contribution in [3.05, 3.63) is 71.3 Å². The van der Waals surface area contributed by atoms with E-state index in [4.69, 9.17) is 9.47 Å². The van der Waals surface area contributed by atoms with E-state index in [-0.39, 0.29) is 11.7 Å². The molecule has 0 amide bonds. The monoisotopic (exact) mass is 363 g/mol. The van der Waals surface area contributed by atoms with Crippen molar-refractivity contribution in [3.8, 4) is 17.2 Å². The molecule has 2 aliphatic rings. The molecular formula is C21H21N3O3. The molecule has 27 heavy (non-hydrogen) atoms. The van der Waals surface area contributed by atoms with Gasteiger partial charge in [0.05, 0.1) is 17.7 Å². The van der Waals surface area contributed by atoms with Gasteiger partial charge in [0.1, 0.15) is 19.0 Å². The third-order valence-corrected chi connectivity index (χ3v) is 5.19. The summed E-state index contributed by atoms with van der Waals surface area (Å²) >= 11 is 0. The van der Waals surface area contributed by atoms with Crippen LogP contribution < -0.4 is 9.47 Å². The van der Waals surface area contributed by atoms with Gasteiger partial charge in [-0.15, -0.1) is 0 Å². The molecule has 3 heterocycles. The Balaban J connectivity index is 1.41. The van der Waals surface area contributed by atoms with Crippen molar-refractivity contribution < 1.29 is 14.6 Å². The van der Waals surface area contributed by atoms with Gasteiger partial charge in [-0.05, 0) is 35.4 Å². The fourth-order valence-corrected chi connectivity index (χ4v) is 3.96. The maximum Gasteiger partial charge on any atom is 0.161 e. The topological polar surface area (TPSA) is 70.6 Å². The minimum atomic E-state index is 0.129. The number of ether oxygens (including phenoxy) is 2. The van der Waals surface area contributed by atoms with Crippen LogP contribution in [0.4, 0.5) is 0 Å². The first-order valence-corrected chi connectivity index (χ1v) is 9.18. The molecule has 2 N–H and O–H groups in total. The maximum absolute atomic E-state index is 9.89. The summed E-state index contributed by atoms with van der Waals surface area (Å²) in [4.78, 5) is 10.2. The van der Waals surface area contributed by atoms with Crippen molar-refractivity contribution >= 4 is 0 Å². The van der Waals surface area contributed by atoms with Crippen LogP contribution >= 0.6 is 0 Å². The van der Waals surface area contributed by atoms with Crippen molar-refractivity contribution in [3.63, 3.8) is 0 Å². The summed E-state index contributed by atoms with van der Waals surface area (Å²) in [7, 11) is 0. The molecule has 0 radical (unpaired) electrons. The van der Waals surface area contributed by atoms with Gasteiger partial charge in [0.25, 0.3) is 0 Å². The van der Waals surface area contributed by atoms with Crippen molar-refractivity contribution in [1.29, 1.82) is 0 Å². The zero-order chi connectivity index (χ0) is 18.2. The minimum Gasteiger partial charge on any atom is -0.508 e. The van der Waals surface area contributed by atoms with Crippen molar-refractivity contribution in [2.24, 2.45) is 0 Å². The van der Waals surface area contributed by atoms with E-state index in [1.807, 2.05) is 18.2 Å². The number of rotatable bonds is 3. The van der Waals surface area contributed by atoms with Crippen LogP contribution in [0, 0.1) is 0 Å². The van der Waals surface area contributed by atoms with Crippen molar-refractivity contribution in [2.45, 2.75) is 19.0 Å². The molecule has 6 nitrogen and oxygen atoms in total. The van der Waals surface area contributed by atoms with Gasteiger partial charge in [0.15, 0.2) is 11.5 Å². The first kappa shape index (κ1) is 16.2. The van der Waals surface area contributed by atoms with E-state index in [0.717, 1.165) is 48.1 Å². The number of imidazole rings is 1. The minimum absolute atomic E-state index is 0.129. The van der Waals surface area contributed by atoms with Gasteiger partial charge in [0, 0.05) is 25.6 Å². The molecule has 0 aliphatic carbocycles. The van der Waals surface area contributed by atoms with E-state index in [1.54, 1.807) is 12.4 Å². The summed E-state index contributed by atoms with van der Waals surface area (Å²) in [5, 5.41) is 9.89. The number of aromatic nitrogens is 2. The summed E-state index contributed by atoms with van der Waals surface area (Å²) in [5.74, 6) is 2.05. The van der Waals surface area contributed by atoms with Gasteiger partial charge in [-0.25, -0.2) is 4.98 Å². The largest absolute Gasteiger partial charge is 0.508 e. The fourth-order valence-electron chi connectivity index (χ4n) is 3.96. The van der Waals surface area contributed by atoms with Crippen molar-refractivity contribution in [1.82, 2.24) is 14.9 Å². The number of nitrogens with one attached hydrogen (secondary N) is 1. The molecule has 0 saturated heterocycles. The second-order valence-corrected chi connectivity index (χ2v) is 7.06. The fraction of sp³-hybridized carbons (Fsp3) is 0.286. The Kier molecular flexibility index (Phi) is 3.98. The van der Waals surface area contributed by atoms with Crippen LogP contribution in [0.3, 0.4) is 0 Å². The summed E-state index contributed by atoms with van der Waals surface area (Å²) < 4.78 is 11.3. The molecule has 1 unspecified atom stereocenters. The smallest absolute Gasteiger partial charge is 0.161 e. The molecule has 138 valence electrons. The van der Waals surface area contributed by atoms with Crippen LogP contribution in [0.15, 0.2) is 48.8 Å². The van der Waals surface area contributed by atoms with Crippen LogP contribution in [0.2, 0.25) is 0 Å². The Morgan fingerprint density at radius 1 is 1.11 bits per heavy atom. The first-order valence-electron chi connectivity index (χ1n) is 9.18. The molecule has 5 rings (SSSR count). The van der Waals surface area contributed by atoms with Crippen LogP contribution in [0.5, 0.6) is 17.2 Å². The molecular weight excluding hydrogens is 342 g/mol. The number of phenolic OH excluding ortho intramolecular Hbond substituents is 1. The number of nitrogens with zero attached hydrogens (tertiary/aromatic N) is 2. The third kappa shape index (κ3) is 3.13. The Morgan fingerprint density at radius 3 is 2.89 bits per heavy atom. The highest BCUT2D eigenvalue weighted by atomic mass is 16.6. The Labute approximate surface area is 157 Å². The van der Waals surface area contributed by atoms with Crippen LogP contribution in [0.1, 0.15) is 28.4 Å². The molecule has 0 fully saturated rings. The summed E-state index contributed by atoms with van der Waals surface area (Å²) in [5.41, 5.74) is 4.47. The predicted octanol–water partition coefficient (Wildman–Crippen LogP) is 3.03. The molecule has 2 aromatic carbocycles. The molecule has 1 aromatic heterocycles. The number of aromatic amines is 1. The van der Waals surface area contributed by atoms with Gasteiger partial charge >= 0.3 is 0 Å². The summed E-state index contributed by atoms with van der Waals surface area (Å²) in [6, 6.07) is 13.6. The predicted molar refractivity (Wildman–Crippen MR) is 100 cm³/mol. The Morgan fingerprint density at radius 2 is 2.00 bits per heavy atom. The lowest BCUT2D eigenvalue weighted by atomic mass is 9.90. The Hall–Kier alpha value is -2.99. The molecule has 2 aliphatic heterocycles. The summed E-state index contributed by atoms with van der Waals surface area (Å²) in [6.45, 7) is 3.67. The van der Waals surface area contributed by atoms with Crippen molar-refractivity contribution in [2.75, 3.05) is 19.8 Å². The molecule has 0 saturated carbocycles. The number of aromatic hydroxyl groups is 1. The highest BCUT2D eigenvalue weighted by Crippen LogP contribution is 2.35. The van der Waals surface area contributed by atoms with E-state index in [1.165, 1.54) is 5.56 Å². The standard InChI is InChI=1S/C21H21N3O3/c25-16-3-1-2-15(9-16)17-11-24(12-18-21(17)23-13-22-18)10-14-4-5-19-20(8-14)27-7-6-26-19/h1-5,8-9,13,17,25H,6-7,10-12H2,(H,22,23). The molecule has 1 atom stereocenters. The second kappa shape index (κ2) is 6.63. The molecule has 3 aromatic rings. The number of hydrogen-bond donors (Lipinski definition) is 2. The second-order valence-electron chi connectivity index (χ2n) is 7.06. The molecule has 0 spiro atoms. The van der Waals surface area contributed by atoms with Crippen LogP contribution in [0.25, 0.3) is 0 Å². The number of hydrogen-bond acceptors (Lipinski definition) is 5. The van der Waals surface area contributed by atoms with Crippen LogP contribution in [-0.2, 0) is 13.1 Å². The maximum atomic E-state index is 9.89. The summed E-state index contributed by atoms with van der Waals surface area (Å²) in [6.07, 6.45) is 1.76. The number of phenols is 1. The lowest BCUT2D eigenvalue weighted by molar-refractivity contribution is 0.170. The van der Waals surface area contributed by atoms with E-state index in [0.29, 0.717) is 13.2 Å². The van der Waals surface area contributed by atoms with E-state index in [2.05, 4.69) is 33.1 Å². The van der Waals surface area contributed by atoms with E-state index in [9.17, 15) is 5.11 Å². The lowest BCUT2D eigenvalue weighted by Gasteiger charge is -2.32. The third-order valence-electron chi connectivity index (χ3n) is 5.19. The highest BCUT2D eigenvalue weighted by molar-refractivity contribution is 5.44. The van der Waals surface area contributed by atoms with Gasteiger partial charge < -0.3 is 19.6 Å². The Bertz CT molecular complexity index is 969. The zero-order valence-corrected chi connectivity index (χ0v) is 14.9. The SMILES string of the molecule is Oc1cccc(C2CN(Cc3ccc4c(c3)OCCO4)Cc3[nH]cnc32)c1. The van der Waals surface area contributed by atoms with Gasteiger partial charge in [-0.1, -0.05) is 18.2 Å². The number of benzene rings is 2. The van der Waals surface area contributed by atoms with Gasteiger partial charge in [-0.3, -0.25) is 4.90 Å². The number of H-pyrrole nitrogens is 1. The molecule has 6 heteroatoms.